The number of carbonyl (C=O) groups excluding carboxylic acids is 2. The Bertz CT molecular complexity index is 992. The highest BCUT2D eigenvalue weighted by atomic mass is 16.5. The first-order valence-electron chi connectivity index (χ1n) is 12.4. The first-order valence-corrected chi connectivity index (χ1v) is 12.4. The Morgan fingerprint density at radius 3 is 2.11 bits per heavy atom. The third kappa shape index (κ3) is 6.84. The maximum Gasteiger partial charge on any atom is 0.407 e. The van der Waals surface area contributed by atoms with E-state index in [4.69, 9.17) is 9.84 Å². The van der Waals surface area contributed by atoms with Crippen LogP contribution < -0.4 is 10.6 Å². The summed E-state index contributed by atoms with van der Waals surface area (Å²) in [4.78, 5) is 35.8. The average molecular weight is 481 g/mol. The predicted octanol–water partition coefficient (Wildman–Crippen LogP) is 5.09. The molecule has 0 saturated heterocycles. The second-order valence-electron chi connectivity index (χ2n) is 9.41. The molecular formula is C28H36N2O5. The summed E-state index contributed by atoms with van der Waals surface area (Å²) < 4.78 is 5.59. The summed E-state index contributed by atoms with van der Waals surface area (Å²) in [5.41, 5.74) is 3.92. The molecule has 0 aromatic heterocycles. The fourth-order valence-electron chi connectivity index (χ4n) is 4.45. The number of aliphatic carboxylic acids is 1. The molecular weight excluding hydrogens is 444 g/mol. The van der Waals surface area contributed by atoms with E-state index in [0.29, 0.717) is 19.4 Å². The van der Waals surface area contributed by atoms with Crippen LogP contribution in [0.2, 0.25) is 0 Å². The van der Waals surface area contributed by atoms with Gasteiger partial charge in [-0.15, -0.1) is 0 Å². The Kier molecular flexibility index (Phi) is 9.29. The van der Waals surface area contributed by atoms with Crippen molar-refractivity contribution >= 4 is 18.0 Å². The fourth-order valence-corrected chi connectivity index (χ4v) is 4.45. The maximum atomic E-state index is 12.7. The number of carboxylic acids is 1. The van der Waals surface area contributed by atoms with Gasteiger partial charge >= 0.3 is 12.1 Å². The normalized spacial score (nSPS) is 13.9. The molecule has 0 heterocycles. The topological polar surface area (TPSA) is 105 Å². The van der Waals surface area contributed by atoms with E-state index < -0.39 is 17.5 Å². The van der Waals surface area contributed by atoms with Crippen LogP contribution in [0.1, 0.15) is 69.4 Å². The van der Waals surface area contributed by atoms with Crippen LogP contribution in [-0.4, -0.2) is 42.8 Å². The number of unbranched alkanes of at least 4 members (excludes halogenated alkanes) is 3. The molecule has 2 aromatic carbocycles. The van der Waals surface area contributed by atoms with Crippen LogP contribution in [-0.2, 0) is 14.3 Å². The van der Waals surface area contributed by atoms with Gasteiger partial charge in [0.1, 0.15) is 6.61 Å². The molecule has 2 aromatic rings. The van der Waals surface area contributed by atoms with Crippen molar-refractivity contribution in [2.45, 2.75) is 58.3 Å². The molecule has 7 nitrogen and oxygen atoms in total. The SMILES string of the molecule is CCC(C)(CNC(=O)OCC1c2ccccc2-c2ccccc21)C(=O)NCCCCCCC(=O)O. The molecule has 0 saturated carbocycles. The number of carbonyl (C=O) groups is 3. The third-order valence-electron chi connectivity index (χ3n) is 6.90. The lowest BCUT2D eigenvalue weighted by molar-refractivity contribution is -0.137. The molecule has 7 heteroatoms. The monoisotopic (exact) mass is 480 g/mol. The molecule has 2 amide bonds. The van der Waals surface area contributed by atoms with E-state index in [1.807, 2.05) is 38.1 Å². The van der Waals surface area contributed by atoms with Crippen molar-refractivity contribution in [3.8, 4) is 11.1 Å². The second-order valence-corrected chi connectivity index (χ2v) is 9.41. The van der Waals surface area contributed by atoms with Gasteiger partial charge in [-0.2, -0.15) is 0 Å². The molecule has 1 unspecified atom stereocenters. The number of amides is 2. The van der Waals surface area contributed by atoms with Crippen molar-refractivity contribution in [1.82, 2.24) is 10.6 Å². The van der Waals surface area contributed by atoms with E-state index in [2.05, 4.69) is 34.9 Å². The molecule has 3 N–H and O–H groups in total. The van der Waals surface area contributed by atoms with E-state index in [1.165, 1.54) is 11.1 Å². The third-order valence-corrected chi connectivity index (χ3v) is 6.90. The summed E-state index contributed by atoms with van der Waals surface area (Å²) in [5, 5.41) is 14.4. The smallest absolute Gasteiger partial charge is 0.407 e. The summed E-state index contributed by atoms with van der Waals surface area (Å²) >= 11 is 0. The number of hydrogen-bond donors (Lipinski definition) is 3. The van der Waals surface area contributed by atoms with Crippen LogP contribution in [0.4, 0.5) is 4.79 Å². The number of hydrogen-bond acceptors (Lipinski definition) is 4. The van der Waals surface area contributed by atoms with Gasteiger partial charge in [0.15, 0.2) is 0 Å². The minimum Gasteiger partial charge on any atom is -0.481 e. The highest BCUT2D eigenvalue weighted by Gasteiger charge is 2.32. The number of carboxylic acid groups (broad SMARTS) is 1. The van der Waals surface area contributed by atoms with Gasteiger partial charge in [-0.3, -0.25) is 9.59 Å². The van der Waals surface area contributed by atoms with Crippen molar-refractivity contribution in [2.24, 2.45) is 5.41 Å². The minimum absolute atomic E-state index is 0.00972. The van der Waals surface area contributed by atoms with Gasteiger partial charge in [-0.25, -0.2) is 4.79 Å². The Hall–Kier alpha value is -3.35. The molecule has 0 radical (unpaired) electrons. The van der Waals surface area contributed by atoms with Gasteiger partial charge in [-0.1, -0.05) is 68.3 Å². The van der Waals surface area contributed by atoms with E-state index in [-0.39, 0.29) is 31.4 Å². The lowest BCUT2D eigenvalue weighted by atomic mass is 9.86. The molecule has 35 heavy (non-hydrogen) atoms. The van der Waals surface area contributed by atoms with Gasteiger partial charge in [-0.05, 0) is 48.4 Å². The molecule has 0 spiro atoms. The predicted molar refractivity (Wildman–Crippen MR) is 135 cm³/mol. The highest BCUT2D eigenvalue weighted by Crippen LogP contribution is 2.44. The van der Waals surface area contributed by atoms with Crippen LogP contribution in [0.25, 0.3) is 11.1 Å². The van der Waals surface area contributed by atoms with Crippen molar-refractivity contribution < 1.29 is 24.2 Å². The molecule has 3 rings (SSSR count). The molecule has 0 bridgehead atoms. The van der Waals surface area contributed by atoms with E-state index >= 15 is 0 Å². The van der Waals surface area contributed by atoms with Crippen LogP contribution in [0.5, 0.6) is 0 Å². The number of benzene rings is 2. The van der Waals surface area contributed by atoms with Crippen molar-refractivity contribution in [3.63, 3.8) is 0 Å². The van der Waals surface area contributed by atoms with E-state index in [0.717, 1.165) is 30.4 Å². The quantitative estimate of drug-likeness (QED) is 0.346. The zero-order chi connectivity index (χ0) is 25.3. The maximum absolute atomic E-state index is 12.7. The second kappa shape index (κ2) is 12.4. The number of ether oxygens (including phenoxy) is 1. The Morgan fingerprint density at radius 1 is 0.914 bits per heavy atom. The molecule has 1 atom stereocenters. The fraction of sp³-hybridized carbons (Fsp3) is 0.464. The van der Waals surface area contributed by atoms with E-state index in [9.17, 15) is 14.4 Å². The lowest BCUT2D eigenvalue weighted by Crippen LogP contribution is -2.46. The first-order chi connectivity index (χ1) is 16.9. The van der Waals surface area contributed by atoms with Crippen LogP contribution in [0.15, 0.2) is 48.5 Å². The minimum atomic E-state index is -0.777. The molecule has 188 valence electrons. The first kappa shape index (κ1) is 26.3. The van der Waals surface area contributed by atoms with Gasteiger partial charge in [0.2, 0.25) is 5.91 Å². The average Bonchev–Trinajstić information content (AvgIpc) is 3.18. The van der Waals surface area contributed by atoms with Gasteiger partial charge in [0.25, 0.3) is 0 Å². The number of rotatable bonds is 13. The van der Waals surface area contributed by atoms with Gasteiger partial charge < -0.3 is 20.5 Å². The highest BCUT2D eigenvalue weighted by molar-refractivity contribution is 5.83. The van der Waals surface area contributed by atoms with Crippen molar-refractivity contribution in [3.05, 3.63) is 59.7 Å². The summed E-state index contributed by atoms with van der Waals surface area (Å²) in [6, 6.07) is 16.4. The molecule has 1 aliphatic rings. The summed E-state index contributed by atoms with van der Waals surface area (Å²) in [6.45, 7) is 4.71. The summed E-state index contributed by atoms with van der Waals surface area (Å²) in [6.07, 6.45) is 3.37. The Balaban J connectivity index is 1.44. The lowest BCUT2D eigenvalue weighted by Gasteiger charge is -2.27. The summed E-state index contributed by atoms with van der Waals surface area (Å²) in [7, 11) is 0. The summed E-state index contributed by atoms with van der Waals surface area (Å²) in [5.74, 6) is -0.894. The van der Waals surface area contributed by atoms with Gasteiger partial charge in [0.05, 0.1) is 5.41 Å². The molecule has 1 aliphatic carbocycles. The Labute approximate surface area is 207 Å². The van der Waals surface area contributed by atoms with Crippen LogP contribution in [0.3, 0.4) is 0 Å². The Morgan fingerprint density at radius 2 is 1.51 bits per heavy atom. The van der Waals surface area contributed by atoms with Crippen LogP contribution >= 0.6 is 0 Å². The van der Waals surface area contributed by atoms with E-state index in [1.54, 1.807) is 0 Å². The van der Waals surface area contributed by atoms with Crippen molar-refractivity contribution in [1.29, 1.82) is 0 Å². The van der Waals surface area contributed by atoms with Gasteiger partial charge in [0, 0.05) is 25.4 Å². The van der Waals surface area contributed by atoms with Crippen molar-refractivity contribution in [2.75, 3.05) is 19.7 Å². The number of fused-ring (bicyclic) bond motifs is 3. The van der Waals surface area contributed by atoms with Crippen LogP contribution in [0, 0.1) is 5.41 Å². The largest absolute Gasteiger partial charge is 0.481 e. The molecule has 0 aliphatic heterocycles. The number of alkyl carbamates (subject to hydrolysis) is 1. The molecule has 0 fully saturated rings. The zero-order valence-corrected chi connectivity index (χ0v) is 20.6. The number of nitrogens with one attached hydrogen (secondary N) is 2. The standard InChI is InChI=1S/C28H36N2O5/c1-3-28(2,26(33)29-17-11-5-4-6-16-25(31)32)19-30-27(34)35-18-24-22-14-9-7-12-20(22)21-13-8-10-15-23(21)24/h7-10,12-15,24H,3-6,11,16-19H2,1-2H3,(H,29,33)(H,30,34)(H,31,32). The zero-order valence-electron chi connectivity index (χ0n) is 20.6.